The van der Waals surface area contributed by atoms with E-state index < -0.39 is 0 Å². The molecule has 1 aromatic rings. The van der Waals surface area contributed by atoms with Crippen LogP contribution in [0, 0.1) is 5.92 Å². The smallest absolute Gasteiger partial charge is 0.224 e. The second kappa shape index (κ2) is 8.49. The number of hydrogen-bond acceptors (Lipinski definition) is 4. The molecule has 3 N–H and O–H groups in total. The molecule has 1 aliphatic heterocycles. The van der Waals surface area contributed by atoms with Crippen LogP contribution in [-0.4, -0.2) is 38.3 Å². The number of carbonyl (C=O) groups is 1. The van der Waals surface area contributed by atoms with E-state index in [1.165, 1.54) is 5.56 Å². The summed E-state index contributed by atoms with van der Waals surface area (Å²) in [5.74, 6) is 0.696. The molecule has 0 saturated carbocycles. The minimum Gasteiger partial charge on any atom is -0.494 e. The zero-order chi connectivity index (χ0) is 17.6. The molecule has 5 nitrogen and oxygen atoms in total. The molecule has 1 aromatic carbocycles. The highest BCUT2D eigenvalue weighted by Gasteiger charge is 2.35. The van der Waals surface area contributed by atoms with Gasteiger partial charge in [-0.15, -0.1) is 0 Å². The lowest BCUT2D eigenvalue weighted by atomic mass is 9.74. The standard InChI is InChI=1S/C19H30N2O3/c1-4-24-17-7-5-16(6-8-17)19(9-11-23-12-10-19)13-21-18(22)14(2)15(3)20/h5-8,14-15H,4,9-13,20H2,1-3H3,(H,21,22). The van der Waals surface area contributed by atoms with E-state index in [1.807, 2.05) is 32.9 Å². The monoisotopic (exact) mass is 334 g/mol. The Hall–Kier alpha value is -1.59. The highest BCUT2D eigenvalue weighted by Crippen LogP contribution is 2.35. The van der Waals surface area contributed by atoms with E-state index in [-0.39, 0.29) is 23.3 Å². The zero-order valence-electron chi connectivity index (χ0n) is 15.0. The van der Waals surface area contributed by atoms with E-state index in [2.05, 4.69) is 17.4 Å². The van der Waals surface area contributed by atoms with Gasteiger partial charge in [-0.1, -0.05) is 19.1 Å². The molecule has 0 bridgehead atoms. The maximum absolute atomic E-state index is 12.3. The average molecular weight is 334 g/mol. The first-order valence-electron chi connectivity index (χ1n) is 8.83. The third-order valence-corrected chi connectivity index (χ3v) is 5.03. The lowest BCUT2D eigenvalue weighted by Crippen LogP contribution is -2.47. The average Bonchev–Trinajstić information content (AvgIpc) is 2.60. The van der Waals surface area contributed by atoms with Crippen molar-refractivity contribution in [2.75, 3.05) is 26.4 Å². The van der Waals surface area contributed by atoms with Crippen molar-refractivity contribution < 1.29 is 14.3 Å². The molecule has 1 aliphatic rings. The first-order valence-corrected chi connectivity index (χ1v) is 8.83. The van der Waals surface area contributed by atoms with Crippen molar-refractivity contribution in [1.29, 1.82) is 0 Å². The van der Waals surface area contributed by atoms with Crippen LogP contribution in [0.5, 0.6) is 5.75 Å². The molecule has 2 rings (SSSR count). The van der Waals surface area contributed by atoms with Gasteiger partial charge in [0.15, 0.2) is 0 Å². The van der Waals surface area contributed by atoms with Gasteiger partial charge < -0.3 is 20.5 Å². The minimum atomic E-state index is -0.192. The van der Waals surface area contributed by atoms with Crippen molar-refractivity contribution in [1.82, 2.24) is 5.32 Å². The van der Waals surface area contributed by atoms with E-state index in [0.29, 0.717) is 26.4 Å². The molecular formula is C19H30N2O3. The van der Waals surface area contributed by atoms with Gasteiger partial charge in [-0.05, 0) is 44.4 Å². The Labute approximate surface area is 144 Å². The fourth-order valence-electron chi connectivity index (χ4n) is 3.06. The van der Waals surface area contributed by atoms with Crippen LogP contribution in [0.3, 0.4) is 0 Å². The SMILES string of the molecule is CCOc1ccc(C2(CNC(=O)C(C)C(C)N)CCOCC2)cc1. The Bertz CT molecular complexity index is 522. The predicted octanol–water partition coefficient (Wildman–Crippen LogP) is 2.23. The number of benzene rings is 1. The summed E-state index contributed by atoms with van der Waals surface area (Å²) < 4.78 is 11.1. The second-order valence-electron chi connectivity index (χ2n) is 6.72. The van der Waals surface area contributed by atoms with Crippen molar-refractivity contribution in [3.8, 4) is 5.75 Å². The van der Waals surface area contributed by atoms with E-state index in [1.54, 1.807) is 0 Å². The maximum atomic E-state index is 12.3. The molecular weight excluding hydrogens is 304 g/mol. The van der Waals surface area contributed by atoms with Crippen LogP contribution in [0.1, 0.15) is 39.2 Å². The summed E-state index contributed by atoms with van der Waals surface area (Å²) >= 11 is 0. The molecule has 1 fully saturated rings. The third kappa shape index (κ3) is 4.48. The van der Waals surface area contributed by atoms with E-state index in [0.717, 1.165) is 18.6 Å². The number of hydrogen-bond donors (Lipinski definition) is 2. The van der Waals surface area contributed by atoms with Crippen LogP contribution in [0.15, 0.2) is 24.3 Å². The Balaban J connectivity index is 2.12. The Morgan fingerprint density at radius 3 is 2.46 bits per heavy atom. The maximum Gasteiger partial charge on any atom is 0.224 e. The number of rotatable bonds is 7. The van der Waals surface area contributed by atoms with E-state index >= 15 is 0 Å². The molecule has 2 unspecified atom stereocenters. The predicted molar refractivity (Wildman–Crippen MR) is 95.2 cm³/mol. The Kier molecular flexibility index (Phi) is 6.63. The Morgan fingerprint density at radius 1 is 1.29 bits per heavy atom. The largest absolute Gasteiger partial charge is 0.494 e. The molecule has 1 amide bonds. The molecule has 24 heavy (non-hydrogen) atoms. The molecule has 0 spiro atoms. The normalized spacial score (nSPS) is 19.3. The van der Waals surface area contributed by atoms with Crippen LogP contribution in [0.2, 0.25) is 0 Å². The van der Waals surface area contributed by atoms with E-state index in [4.69, 9.17) is 15.2 Å². The van der Waals surface area contributed by atoms with Crippen molar-refractivity contribution in [2.45, 2.75) is 45.1 Å². The summed E-state index contributed by atoms with van der Waals surface area (Å²) in [6.07, 6.45) is 1.79. The number of nitrogens with one attached hydrogen (secondary N) is 1. The number of ether oxygens (including phenoxy) is 2. The summed E-state index contributed by atoms with van der Waals surface area (Å²) in [6, 6.07) is 8.07. The molecule has 0 radical (unpaired) electrons. The van der Waals surface area contributed by atoms with Crippen LogP contribution in [-0.2, 0) is 14.9 Å². The number of carbonyl (C=O) groups excluding carboxylic acids is 1. The van der Waals surface area contributed by atoms with Gasteiger partial charge >= 0.3 is 0 Å². The fourth-order valence-corrected chi connectivity index (χ4v) is 3.06. The molecule has 2 atom stereocenters. The third-order valence-electron chi connectivity index (χ3n) is 5.03. The lowest BCUT2D eigenvalue weighted by Gasteiger charge is -2.38. The fraction of sp³-hybridized carbons (Fsp3) is 0.632. The minimum absolute atomic E-state index is 0.0156. The summed E-state index contributed by atoms with van der Waals surface area (Å²) in [5.41, 5.74) is 6.98. The number of amides is 1. The van der Waals surface area contributed by atoms with Gasteiger partial charge in [-0.2, -0.15) is 0 Å². The van der Waals surface area contributed by atoms with Crippen LogP contribution in [0.25, 0.3) is 0 Å². The topological polar surface area (TPSA) is 73.6 Å². The highest BCUT2D eigenvalue weighted by molar-refractivity contribution is 5.79. The van der Waals surface area contributed by atoms with Crippen molar-refractivity contribution in [3.63, 3.8) is 0 Å². The lowest BCUT2D eigenvalue weighted by molar-refractivity contribution is -0.125. The van der Waals surface area contributed by atoms with E-state index in [9.17, 15) is 4.79 Å². The molecule has 1 saturated heterocycles. The van der Waals surface area contributed by atoms with Gasteiger partial charge in [0.1, 0.15) is 5.75 Å². The van der Waals surface area contributed by atoms with Crippen LogP contribution >= 0.6 is 0 Å². The van der Waals surface area contributed by atoms with Gasteiger partial charge in [0, 0.05) is 37.1 Å². The number of nitrogens with two attached hydrogens (primary N) is 1. The van der Waals surface area contributed by atoms with Gasteiger partial charge in [0.25, 0.3) is 0 Å². The summed E-state index contributed by atoms with van der Waals surface area (Å²) in [4.78, 5) is 12.3. The van der Waals surface area contributed by atoms with Gasteiger partial charge in [0.2, 0.25) is 5.91 Å². The molecule has 5 heteroatoms. The van der Waals surface area contributed by atoms with Crippen molar-refractivity contribution in [2.24, 2.45) is 11.7 Å². The first kappa shape index (κ1) is 18.7. The second-order valence-corrected chi connectivity index (χ2v) is 6.72. The zero-order valence-corrected chi connectivity index (χ0v) is 15.0. The van der Waals surface area contributed by atoms with Crippen LogP contribution in [0.4, 0.5) is 0 Å². The quantitative estimate of drug-likeness (QED) is 0.802. The van der Waals surface area contributed by atoms with Crippen molar-refractivity contribution >= 4 is 5.91 Å². The van der Waals surface area contributed by atoms with Gasteiger partial charge in [0.05, 0.1) is 6.61 Å². The Morgan fingerprint density at radius 2 is 1.92 bits per heavy atom. The summed E-state index contributed by atoms with van der Waals surface area (Å²) in [7, 11) is 0. The highest BCUT2D eigenvalue weighted by atomic mass is 16.5. The molecule has 1 heterocycles. The van der Waals surface area contributed by atoms with Crippen molar-refractivity contribution in [3.05, 3.63) is 29.8 Å². The van der Waals surface area contributed by atoms with Crippen LogP contribution < -0.4 is 15.8 Å². The van der Waals surface area contributed by atoms with Gasteiger partial charge in [-0.25, -0.2) is 0 Å². The summed E-state index contributed by atoms with van der Waals surface area (Å²) in [5, 5.41) is 3.11. The molecule has 0 aromatic heterocycles. The summed E-state index contributed by atoms with van der Waals surface area (Å²) in [6.45, 7) is 8.40. The van der Waals surface area contributed by atoms with Gasteiger partial charge in [-0.3, -0.25) is 4.79 Å². The molecule has 0 aliphatic carbocycles. The first-order chi connectivity index (χ1) is 11.5. The molecule has 134 valence electrons.